The summed E-state index contributed by atoms with van der Waals surface area (Å²) in [5, 5.41) is 10.7. The standard InChI is InChI=1S/C19H17FN4O3/c1-26-16-8-7-13(9-14(16)20)21-19(25)18-15-11-27-17(10-24(15)23-22-18)12-5-3-2-4-6-12/h2-9,17H,10-11H2,1H3,(H,21,25)/t17-/m0/s1. The summed E-state index contributed by atoms with van der Waals surface area (Å²) >= 11 is 0. The summed E-state index contributed by atoms with van der Waals surface area (Å²) < 4.78 is 26.2. The van der Waals surface area contributed by atoms with Crippen LogP contribution in [0.25, 0.3) is 0 Å². The molecule has 0 radical (unpaired) electrons. The van der Waals surface area contributed by atoms with Crippen LogP contribution in [-0.2, 0) is 17.9 Å². The third kappa shape index (κ3) is 3.39. The predicted octanol–water partition coefficient (Wildman–Crippen LogP) is 2.95. The Bertz CT molecular complexity index is 974. The molecule has 0 spiro atoms. The van der Waals surface area contributed by atoms with Crippen LogP contribution >= 0.6 is 0 Å². The first-order valence-electron chi connectivity index (χ1n) is 8.39. The number of carbonyl (C=O) groups is 1. The molecule has 0 unspecified atom stereocenters. The van der Waals surface area contributed by atoms with Gasteiger partial charge in [-0.2, -0.15) is 0 Å². The number of anilines is 1. The number of carbonyl (C=O) groups excluding carboxylic acids is 1. The van der Waals surface area contributed by atoms with Gasteiger partial charge in [0, 0.05) is 11.8 Å². The summed E-state index contributed by atoms with van der Waals surface area (Å²) in [5.74, 6) is -0.925. The maximum Gasteiger partial charge on any atom is 0.278 e. The fourth-order valence-corrected chi connectivity index (χ4v) is 2.99. The van der Waals surface area contributed by atoms with Crippen LogP contribution in [0.15, 0.2) is 48.5 Å². The number of benzene rings is 2. The van der Waals surface area contributed by atoms with Crippen molar-refractivity contribution in [2.24, 2.45) is 0 Å². The van der Waals surface area contributed by atoms with Crippen LogP contribution in [0.5, 0.6) is 5.75 Å². The van der Waals surface area contributed by atoms with Gasteiger partial charge in [0.15, 0.2) is 17.3 Å². The summed E-state index contributed by atoms with van der Waals surface area (Å²) in [6.45, 7) is 0.684. The SMILES string of the molecule is COc1ccc(NC(=O)c2nnn3c2CO[C@H](c2ccccc2)C3)cc1F. The lowest BCUT2D eigenvalue weighted by Gasteiger charge is -2.24. The fraction of sp³-hybridized carbons (Fsp3) is 0.211. The lowest BCUT2D eigenvalue weighted by atomic mass is 10.1. The zero-order valence-electron chi connectivity index (χ0n) is 14.6. The molecule has 1 atom stereocenters. The number of amides is 1. The van der Waals surface area contributed by atoms with E-state index in [0.29, 0.717) is 17.9 Å². The zero-order chi connectivity index (χ0) is 18.8. The Morgan fingerprint density at radius 1 is 1.30 bits per heavy atom. The molecule has 0 saturated carbocycles. The largest absolute Gasteiger partial charge is 0.494 e. The summed E-state index contributed by atoms with van der Waals surface area (Å²) in [5.41, 5.74) is 2.10. The molecule has 0 saturated heterocycles. The van der Waals surface area contributed by atoms with Gasteiger partial charge in [-0.15, -0.1) is 5.10 Å². The van der Waals surface area contributed by atoms with Gasteiger partial charge in [-0.1, -0.05) is 35.5 Å². The number of fused-ring (bicyclic) bond motifs is 1. The van der Waals surface area contributed by atoms with Crippen molar-refractivity contribution in [2.75, 3.05) is 12.4 Å². The average molecular weight is 368 g/mol. The topological polar surface area (TPSA) is 78.3 Å². The highest BCUT2D eigenvalue weighted by atomic mass is 19.1. The van der Waals surface area contributed by atoms with Gasteiger partial charge < -0.3 is 14.8 Å². The first-order valence-corrected chi connectivity index (χ1v) is 8.39. The molecule has 0 bridgehead atoms. The van der Waals surface area contributed by atoms with E-state index in [9.17, 15) is 9.18 Å². The van der Waals surface area contributed by atoms with Gasteiger partial charge in [0.1, 0.15) is 6.10 Å². The molecule has 0 aliphatic carbocycles. The number of aromatic nitrogens is 3. The Morgan fingerprint density at radius 3 is 2.85 bits per heavy atom. The van der Waals surface area contributed by atoms with Crippen molar-refractivity contribution in [2.45, 2.75) is 19.3 Å². The van der Waals surface area contributed by atoms with Gasteiger partial charge in [-0.05, 0) is 17.7 Å². The Kier molecular flexibility index (Phi) is 4.55. The predicted molar refractivity (Wildman–Crippen MR) is 94.9 cm³/mol. The number of halogens is 1. The molecule has 1 N–H and O–H groups in total. The molecule has 1 aliphatic heterocycles. The Hall–Kier alpha value is -3.26. The van der Waals surface area contributed by atoms with Crippen molar-refractivity contribution in [3.63, 3.8) is 0 Å². The third-order valence-corrected chi connectivity index (χ3v) is 4.39. The molecule has 2 heterocycles. The highest BCUT2D eigenvalue weighted by molar-refractivity contribution is 6.03. The summed E-state index contributed by atoms with van der Waals surface area (Å²) in [6, 6.07) is 14.0. The number of methoxy groups -OCH3 is 1. The van der Waals surface area contributed by atoms with Crippen LogP contribution in [-0.4, -0.2) is 28.0 Å². The maximum atomic E-state index is 13.8. The van der Waals surface area contributed by atoms with Crippen molar-refractivity contribution in [1.82, 2.24) is 15.0 Å². The first-order chi connectivity index (χ1) is 13.2. The second-order valence-corrected chi connectivity index (χ2v) is 6.08. The van der Waals surface area contributed by atoms with E-state index in [0.717, 1.165) is 5.56 Å². The number of nitrogens with zero attached hydrogens (tertiary/aromatic N) is 3. The van der Waals surface area contributed by atoms with E-state index >= 15 is 0 Å². The maximum absolute atomic E-state index is 13.8. The highest BCUT2D eigenvalue weighted by Crippen LogP contribution is 2.27. The van der Waals surface area contributed by atoms with Crippen LogP contribution in [0.1, 0.15) is 27.8 Å². The second-order valence-electron chi connectivity index (χ2n) is 6.08. The number of ether oxygens (including phenoxy) is 2. The lowest BCUT2D eigenvalue weighted by molar-refractivity contribution is -0.00171. The van der Waals surface area contributed by atoms with Crippen LogP contribution < -0.4 is 10.1 Å². The van der Waals surface area contributed by atoms with Crippen LogP contribution in [0.3, 0.4) is 0 Å². The monoisotopic (exact) mass is 368 g/mol. The second kappa shape index (κ2) is 7.16. The van der Waals surface area contributed by atoms with E-state index in [2.05, 4.69) is 15.6 Å². The molecule has 7 nitrogen and oxygen atoms in total. The fourth-order valence-electron chi connectivity index (χ4n) is 2.99. The van der Waals surface area contributed by atoms with Crippen LogP contribution in [0.4, 0.5) is 10.1 Å². The quantitative estimate of drug-likeness (QED) is 0.766. The molecule has 3 aromatic rings. The number of nitrogens with one attached hydrogen (secondary N) is 1. The van der Waals surface area contributed by atoms with Crippen LogP contribution in [0, 0.1) is 5.82 Å². The Morgan fingerprint density at radius 2 is 2.11 bits per heavy atom. The van der Waals surface area contributed by atoms with Gasteiger partial charge in [0.2, 0.25) is 0 Å². The molecule has 138 valence electrons. The van der Waals surface area contributed by atoms with E-state index in [1.807, 2.05) is 30.3 Å². The highest BCUT2D eigenvalue weighted by Gasteiger charge is 2.27. The Balaban J connectivity index is 1.51. The van der Waals surface area contributed by atoms with E-state index in [1.165, 1.54) is 19.2 Å². The van der Waals surface area contributed by atoms with E-state index in [-0.39, 0.29) is 24.2 Å². The zero-order valence-corrected chi connectivity index (χ0v) is 14.6. The molecular formula is C19H17FN4O3. The minimum atomic E-state index is -0.561. The van der Waals surface area contributed by atoms with Crippen molar-refractivity contribution in [1.29, 1.82) is 0 Å². The first kappa shape index (κ1) is 17.2. The molecule has 8 heteroatoms. The van der Waals surface area contributed by atoms with Crippen molar-refractivity contribution in [3.05, 3.63) is 71.3 Å². The molecule has 2 aromatic carbocycles. The normalized spacial score (nSPS) is 15.9. The van der Waals surface area contributed by atoms with E-state index < -0.39 is 11.7 Å². The number of hydrogen-bond donors (Lipinski definition) is 1. The van der Waals surface area contributed by atoms with E-state index in [1.54, 1.807) is 10.7 Å². The number of rotatable bonds is 4. The van der Waals surface area contributed by atoms with Gasteiger partial charge in [-0.25, -0.2) is 9.07 Å². The van der Waals surface area contributed by atoms with Gasteiger partial charge in [0.05, 0.1) is 26.0 Å². The molecule has 4 rings (SSSR count). The molecule has 1 aliphatic rings. The third-order valence-electron chi connectivity index (χ3n) is 4.39. The van der Waals surface area contributed by atoms with Crippen molar-refractivity contribution >= 4 is 11.6 Å². The summed E-state index contributed by atoms with van der Waals surface area (Å²) in [6.07, 6.45) is -0.146. The Labute approximate surface area is 154 Å². The molecule has 1 aromatic heterocycles. The van der Waals surface area contributed by atoms with Gasteiger partial charge >= 0.3 is 0 Å². The van der Waals surface area contributed by atoms with Crippen molar-refractivity contribution < 1.29 is 18.7 Å². The lowest BCUT2D eigenvalue weighted by Crippen LogP contribution is -2.24. The van der Waals surface area contributed by atoms with Crippen LogP contribution in [0.2, 0.25) is 0 Å². The minimum absolute atomic E-state index is 0.106. The molecule has 1 amide bonds. The van der Waals surface area contributed by atoms with Gasteiger partial charge in [0.25, 0.3) is 5.91 Å². The molecule has 27 heavy (non-hydrogen) atoms. The number of hydrogen-bond acceptors (Lipinski definition) is 5. The van der Waals surface area contributed by atoms with Crippen molar-refractivity contribution in [3.8, 4) is 5.75 Å². The van der Waals surface area contributed by atoms with Gasteiger partial charge in [-0.3, -0.25) is 4.79 Å². The summed E-state index contributed by atoms with van der Waals surface area (Å²) in [7, 11) is 1.38. The molecular weight excluding hydrogens is 351 g/mol. The average Bonchev–Trinajstić information content (AvgIpc) is 3.12. The summed E-state index contributed by atoms with van der Waals surface area (Å²) in [4.78, 5) is 12.5. The minimum Gasteiger partial charge on any atom is -0.494 e. The van der Waals surface area contributed by atoms with E-state index in [4.69, 9.17) is 9.47 Å². The smallest absolute Gasteiger partial charge is 0.278 e. The molecule has 0 fully saturated rings.